The van der Waals surface area contributed by atoms with Gasteiger partial charge >= 0.3 is 0 Å². The molecule has 1 heterocycles. The predicted molar refractivity (Wildman–Crippen MR) is 96.5 cm³/mol. The van der Waals surface area contributed by atoms with Crippen LogP contribution in [-0.4, -0.2) is 43.8 Å². The van der Waals surface area contributed by atoms with E-state index in [-0.39, 0.29) is 6.54 Å². The van der Waals surface area contributed by atoms with Crippen molar-refractivity contribution in [3.63, 3.8) is 0 Å². The molecule has 0 aliphatic carbocycles. The smallest absolute Gasteiger partial charge is 0.246 e. The molecule has 26 heavy (non-hydrogen) atoms. The zero-order valence-electron chi connectivity index (χ0n) is 14.0. The van der Waals surface area contributed by atoms with Crippen LogP contribution in [-0.2, 0) is 16.6 Å². The summed E-state index contributed by atoms with van der Waals surface area (Å²) in [6.07, 6.45) is 0.635. The molecule has 1 fully saturated rings. The Labute approximate surface area is 157 Å². The zero-order valence-corrected chi connectivity index (χ0v) is 15.6. The van der Waals surface area contributed by atoms with Gasteiger partial charge in [-0.25, -0.2) is 17.2 Å². The Morgan fingerprint density at radius 3 is 2.38 bits per heavy atom. The van der Waals surface area contributed by atoms with E-state index in [1.54, 1.807) is 0 Å². The lowest BCUT2D eigenvalue weighted by molar-refractivity contribution is 0.278. The third kappa shape index (κ3) is 4.40. The normalized spacial score (nSPS) is 17.2. The summed E-state index contributed by atoms with van der Waals surface area (Å²) >= 11 is 5.89. The molecule has 0 saturated carbocycles. The van der Waals surface area contributed by atoms with Gasteiger partial charge in [0.05, 0.1) is 0 Å². The largest absolute Gasteiger partial charge is 0.298 e. The number of nitrogens with zero attached hydrogens (tertiary/aromatic N) is 2. The first-order valence-corrected chi connectivity index (χ1v) is 10.1. The fraction of sp³-hybridized carbons (Fsp3) is 0.333. The molecule has 0 aromatic heterocycles. The number of rotatable bonds is 4. The topological polar surface area (TPSA) is 40.6 Å². The van der Waals surface area contributed by atoms with Gasteiger partial charge in [0.15, 0.2) is 0 Å². The summed E-state index contributed by atoms with van der Waals surface area (Å²) in [4.78, 5) is 1.67. The van der Waals surface area contributed by atoms with Crippen molar-refractivity contribution in [1.82, 2.24) is 9.21 Å². The van der Waals surface area contributed by atoms with E-state index in [0.717, 1.165) is 24.2 Å². The van der Waals surface area contributed by atoms with Gasteiger partial charge in [-0.3, -0.25) is 4.90 Å². The van der Waals surface area contributed by atoms with Crippen LogP contribution in [0.25, 0.3) is 0 Å². The van der Waals surface area contributed by atoms with Crippen LogP contribution in [0.4, 0.5) is 8.78 Å². The molecule has 4 nitrogen and oxygen atoms in total. The van der Waals surface area contributed by atoms with E-state index in [0.29, 0.717) is 37.1 Å². The fourth-order valence-corrected chi connectivity index (χ4v) is 4.66. The van der Waals surface area contributed by atoms with Crippen molar-refractivity contribution in [3.8, 4) is 0 Å². The van der Waals surface area contributed by atoms with Crippen molar-refractivity contribution in [2.75, 3.05) is 26.2 Å². The number of sulfonamides is 1. The summed E-state index contributed by atoms with van der Waals surface area (Å²) in [5, 5.41) is 0.670. The highest BCUT2D eigenvalue weighted by atomic mass is 35.5. The summed E-state index contributed by atoms with van der Waals surface area (Å²) in [5.74, 6) is -1.86. The van der Waals surface area contributed by atoms with Gasteiger partial charge < -0.3 is 0 Å². The van der Waals surface area contributed by atoms with Crippen molar-refractivity contribution in [3.05, 3.63) is 64.7 Å². The Morgan fingerprint density at radius 2 is 1.69 bits per heavy atom. The lowest BCUT2D eigenvalue weighted by Gasteiger charge is -2.22. The highest BCUT2D eigenvalue weighted by Gasteiger charge is 2.29. The van der Waals surface area contributed by atoms with E-state index >= 15 is 0 Å². The van der Waals surface area contributed by atoms with Crippen LogP contribution in [0.2, 0.25) is 5.02 Å². The Balaban J connectivity index is 1.70. The van der Waals surface area contributed by atoms with Gasteiger partial charge in [0.1, 0.15) is 16.5 Å². The minimum Gasteiger partial charge on any atom is -0.298 e. The first-order valence-electron chi connectivity index (χ1n) is 8.28. The van der Waals surface area contributed by atoms with Gasteiger partial charge in [0.25, 0.3) is 0 Å². The molecular formula is C18H19ClF2N2O2S. The zero-order chi connectivity index (χ0) is 18.7. The first-order chi connectivity index (χ1) is 12.4. The molecule has 1 aliphatic rings. The second-order valence-electron chi connectivity index (χ2n) is 6.23. The van der Waals surface area contributed by atoms with Gasteiger partial charge in [-0.1, -0.05) is 23.7 Å². The van der Waals surface area contributed by atoms with Gasteiger partial charge in [0.2, 0.25) is 10.0 Å². The van der Waals surface area contributed by atoms with Crippen LogP contribution in [0.5, 0.6) is 0 Å². The molecule has 2 aromatic carbocycles. The van der Waals surface area contributed by atoms with Crippen molar-refractivity contribution in [1.29, 1.82) is 0 Å². The Bertz CT molecular complexity index is 875. The van der Waals surface area contributed by atoms with Crippen molar-refractivity contribution in [2.45, 2.75) is 17.9 Å². The van der Waals surface area contributed by atoms with Crippen LogP contribution in [0.15, 0.2) is 47.4 Å². The van der Waals surface area contributed by atoms with Gasteiger partial charge in [-0.05, 0) is 42.8 Å². The van der Waals surface area contributed by atoms with Crippen molar-refractivity contribution in [2.24, 2.45) is 0 Å². The van der Waals surface area contributed by atoms with E-state index in [1.807, 2.05) is 24.3 Å². The number of benzene rings is 2. The Kier molecular flexibility index (Phi) is 5.92. The van der Waals surface area contributed by atoms with Gasteiger partial charge in [-0.2, -0.15) is 4.31 Å². The summed E-state index contributed by atoms with van der Waals surface area (Å²) in [6, 6.07) is 10.1. The summed E-state index contributed by atoms with van der Waals surface area (Å²) in [7, 11) is -3.99. The third-order valence-electron chi connectivity index (χ3n) is 4.38. The summed E-state index contributed by atoms with van der Waals surface area (Å²) < 4.78 is 53.7. The van der Waals surface area contributed by atoms with Crippen LogP contribution < -0.4 is 0 Å². The van der Waals surface area contributed by atoms with E-state index in [4.69, 9.17) is 11.6 Å². The van der Waals surface area contributed by atoms with E-state index < -0.39 is 26.6 Å². The maximum atomic E-state index is 13.9. The quantitative estimate of drug-likeness (QED) is 0.788. The molecule has 1 saturated heterocycles. The second-order valence-corrected chi connectivity index (χ2v) is 8.58. The average molecular weight is 401 g/mol. The maximum Gasteiger partial charge on any atom is 0.246 e. The second kappa shape index (κ2) is 8.00. The minimum absolute atomic E-state index is 0.257. The van der Waals surface area contributed by atoms with E-state index in [2.05, 4.69) is 4.90 Å². The first kappa shape index (κ1) is 19.2. The highest BCUT2D eigenvalue weighted by molar-refractivity contribution is 7.89. The number of hydrogen-bond acceptors (Lipinski definition) is 3. The maximum absolute atomic E-state index is 13.9. The summed E-state index contributed by atoms with van der Waals surface area (Å²) in [5.41, 5.74) is 1.09. The molecule has 0 atom stereocenters. The molecule has 3 rings (SSSR count). The molecular weight excluding hydrogens is 382 g/mol. The molecule has 0 N–H and O–H groups in total. The van der Waals surface area contributed by atoms with Crippen LogP contribution in [0.1, 0.15) is 12.0 Å². The summed E-state index contributed by atoms with van der Waals surface area (Å²) in [6.45, 7) is 2.52. The molecule has 0 unspecified atom stereocenters. The standard InChI is InChI=1S/C18H19ClF2N2O2S/c19-15-4-2-14(3-5-15)13-22-8-1-9-23(11-10-22)26(24,25)18-7-6-16(20)12-17(18)21/h2-7,12H,1,8-11,13H2. The molecule has 0 amide bonds. The van der Waals surface area contributed by atoms with E-state index in [1.165, 1.54) is 4.31 Å². The molecule has 1 aliphatic heterocycles. The lowest BCUT2D eigenvalue weighted by atomic mass is 10.2. The molecule has 8 heteroatoms. The molecule has 0 radical (unpaired) electrons. The van der Waals surface area contributed by atoms with Crippen molar-refractivity contribution >= 4 is 21.6 Å². The SMILES string of the molecule is O=S(=O)(c1ccc(F)cc1F)N1CCCN(Cc2ccc(Cl)cc2)CC1. The molecule has 140 valence electrons. The predicted octanol–water partition coefficient (Wildman–Crippen LogP) is 3.51. The number of hydrogen-bond donors (Lipinski definition) is 0. The average Bonchev–Trinajstić information content (AvgIpc) is 2.83. The highest BCUT2D eigenvalue weighted by Crippen LogP contribution is 2.22. The monoisotopic (exact) mass is 400 g/mol. The van der Waals surface area contributed by atoms with Crippen LogP contribution in [0, 0.1) is 11.6 Å². The van der Waals surface area contributed by atoms with Crippen LogP contribution >= 0.6 is 11.6 Å². The molecule has 0 bridgehead atoms. The lowest BCUT2D eigenvalue weighted by Crippen LogP contribution is -2.35. The minimum atomic E-state index is -3.99. The third-order valence-corrected chi connectivity index (χ3v) is 6.56. The number of halogens is 3. The fourth-order valence-electron chi connectivity index (χ4n) is 3.02. The molecule has 0 spiro atoms. The van der Waals surface area contributed by atoms with Gasteiger partial charge in [0, 0.05) is 37.3 Å². The van der Waals surface area contributed by atoms with Crippen LogP contribution in [0.3, 0.4) is 0 Å². The Morgan fingerprint density at radius 1 is 0.962 bits per heavy atom. The molecule has 2 aromatic rings. The van der Waals surface area contributed by atoms with E-state index in [9.17, 15) is 17.2 Å². The van der Waals surface area contributed by atoms with Crippen molar-refractivity contribution < 1.29 is 17.2 Å². The Hall–Kier alpha value is -1.54. The van der Waals surface area contributed by atoms with Gasteiger partial charge in [-0.15, -0.1) is 0 Å².